The molecule has 0 radical (unpaired) electrons. The minimum Gasteiger partial charge on any atom is -0.497 e. The lowest BCUT2D eigenvalue weighted by Gasteiger charge is -2.34. The number of benzene rings is 1. The van der Waals surface area contributed by atoms with E-state index in [1.165, 1.54) is 12.6 Å². The van der Waals surface area contributed by atoms with Crippen LogP contribution in [-0.2, 0) is 0 Å². The van der Waals surface area contributed by atoms with Crippen LogP contribution in [0.2, 0.25) is 0 Å². The van der Waals surface area contributed by atoms with Gasteiger partial charge in [-0.25, -0.2) is 9.97 Å². The van der Waals surface area contributed by atoms with Crippen LogP contribution in [0.15, 0.2) is 30.6 Å². The van der Waals surface area contributed by atoms with E-state index in [2.05, 4.69) is 22.2 Å². The number of amides is 1. The molecule has 1 aromatic carbocycles. The molecular weight excluding hydrogens is 344 g/mol. The van der Waals surface area contributed by atoms with E-state index in [1.807, 2.05) is 17.0 Å². The number of anilines is 2. The van der Waals surface area contributed by atoms with Gasteiger partial charge in [0.25, 0.3) is 5.91 Å². The van der Waals surface area contributed by atoms with Gasteiger partial charge in [0.2, 0.25) is 0 Å². The number of piperidine rings is 1. The highest BCUT2D eigenvalue weighted by atomic mass is 16.5. The van der Waals surface area contributed by atoms with Gasteiger partial charge in [0.05, 0.1) is 32.3 Å². The van der Waals surface area contributed by atoms with Crippen molar-refractivity contribution in [3.05, 3.63) is 36.3 Å². The van der Waals surface area contributed by atoms with E-state index in [9.17, 15) is 4.79 Å². The zero-order valence-corrected chi connectivity index (χ0v) is 16.1. The molecule has 3 rings (SSSR count). The molecule has 0 bridgehead atoms. The van der Waals surface area contributed by atoms with Crippen molar-refractivity contribution in [2.75, 3.05) is 26.1 Å². The summed E-state index contributed by atoms with van der Waals surface area (Å²) in [6.07, 6.45) is 7.36. The van der Waals surface area contributed by atoms with E-state index in [4.69, 9.17) is 9.47 Å². The molecule has 27 heavy (non-hydrogen) atoms. The Morgan fingerprint density at radius 2 is 2.07 bits per heavy atom. The SMILES string of the molecule is CCC1CCCCN1C(=O)c1cnc(Nc2ccc(OC)cc2OC)cn1. The van der Waals surface area contributed by atoms with Crippen molar-refractivity contribution < 1.29 is 14.3 Å². The molecule has 1 aliphatic heterocycles. The largest absolute Gasteiger partial charge is 0.497 e. The lowest BCUT2D eigenvalue weighted by molar-refractivity contribution is 0.0601. The Bertz CT molecular complexity index is 779. The van der Waals surface area contributed by atoms with Crippen LogP contribution >= 0.6 is 0 Å². The van der Waals surface area contributed by atoms with Crippen LogP contribution in [0, 0.1) is 0 Å². The van der Waals surface area contributed by atoms with E-state index in [0.717, 1.165) is 31.5 Å². The summed E-state index contributed by atoms with van der Waals surface area (Å²) < 4.78 is 10.6. The van der Waals surface area contributed by atoms with Gasteiger partial charge >= 0.3 is 0 Å². The minimum absolute atomic E-state index is 0.0392. The van der Waals surface area contributed by atoms with Crippen molar-refractivity contribution in [1.29, 1.82) is 0 Å². The first-order valence-corrected chi connectivity index (χ1v) is 9.28. The molecule has 2 aromatic rings. The summed E-state index contributed by atoms with van der Waals surface area (Å²) in [5.41, 5.74) is 1.12. The monoisotopic (exact) mass is 370 g/mol. The molecule has 0 spiro atoms. The maximum absolute atomic E-state index is 12.8. The molecule has 1 aromatic heterocycles. The molecule has 144 valence electrons. The van der Waals surface area contributed by atoms with Gasteiger partial charge in [-0.3, -0.25) is 4.79 Å². The summed E-state index contributed by atoms with van der Waals surface area (Å²) >= 11 is 0. The van der Waals surface area contributed by atoms with Crippen molar-refractivity contribution in [3.8, 4) is 11.5 Å². The second-order valence-corrected chi connectivity index (χ2v) is 6.53. The molecule has 1 amide bonds. The van der Waals surface area contributed by atoms with E-state index in [1.54, 1.807) is 26.5 Å². The Hall–Kier alpha value is -2.83. The predicted molar refractivity (Wildman–Crippen MR) is 104 cm³/mol. The van der Waals surface area contributed by atoms with Crippen LogP contribution in [0.1, 0.15) is 43.1 Å². The molecule has 1 unspecified atom stereocenters. The lowest BCUT2D eigenvalue weighted by Crippen LogP contribution is -2.43. The number of carbonyl (C=O) groups is 1. The molecule has 0 saturated carbocycles. The summed E-state index contributed by atoms with van der Waals surface area (Å²) in [6, 6.07) is 5.76. The van der Waals surface area contributed by atoms with Gasteiger partial charge < -0.3 is 19.7 Å². The van der Waals surface area contributed by atoms with Gasteiger partial charge in [-0.15, -0.1) is 0 Å². The molecule has 0 aliphatic carbocycles. The highest BCUT2D eigenvalue weighted by Gasteiger charge is 2.27. The number of likely N-dealkylation sites (tertiary alicyclic amines) is 1. The Kier molecular flexibility index (Phi) is 6.11. The number of nitrogens with zero attached hydrogens (tertiary/aromatic N) is 3. The number of hydrogen-bond acceptors (Lipinski definition) is 6. The molecule has 7 nitrogen and oxygen atoms in total. The Morgan fingerprint density at radius 1 is 1.22 bits per heavy atom. The maximum atomic E-state index is 12.8. The van der Waals surface area contributed by atoms with Gasteiger partial charge in [0, 0.05) is 18.7 Å². The number of nitrogens with one attached hydrogen (secondary N) is 1. The average molecular weight is 370 g/mol. The van der Waals surface area contributed by atoms with Crippen LogP contribution in [0.5, 0.6) is 11.5 Å². The third kappa shape index (κ3) is 4.30. The Morgan fingerprint density at radius 3 is 2.74 bits per heavy atom. The first-order valence-electron chi connectivity index (χ1n) is 9.28. The highest BCUT2D eigenvalue weighted by molar-refractivity contribution is 5.92. The smallest absolute Gasteiger partial charge is 0.274 e. The third-order valence-electron chi connectivity index (χ3n) is 4.90. The van der Waals surface area contributed by atoms with Gasteiger partial charge in [-0.1, -0.05) is 6.92 Å². The van der Waals surface area contributed by atoms with Crippen molar-refractivity contribution in [1.82, 2.24) is 14.9 Å². The predicted octanol–water partition coefficient (Wildman–Crippen LogP) is 3.64. The summed E-state index contributed by atoms with van der Waals surface area (Å²) in [6.45, 7) is 2.92. The van der Waals surface area contributed by atoms with E-state index >= 15 is 0 Å². The number of aromatic nitrogens is 2. The molecule has 1 aliphatic rings. The summed E-state index contributed by atoms with van der Waals surface area (Å²) in [5.74, 6) is 1.84. The minimum atomic E-state index is -0.0392. The quantitative estimate of drug-likeness (QED) is 0.836. The number of methoxy groups -OCH3 is 2. The molecule has 1 fully saturated rings. The fourth-order valence-electron chi connectivity index (χ4n) is 3.38. The van der Waals surface area contributed by atoms with Crippen molar-refractivity contribution in [2.24, 2.45) is 0 Å². The molecule has 1 N–H and O–H groups in total. The van der Waals surface area contributed by atoms with Gasteiger partial charge in [-0.2, -0.15) is 0 Å². The fraction of sp³-hybridized carbons (Fsp3) is 0.450. The van der Waals surface area contributed by atoms with Crippen LogP contribution in [0.4, 0.5) is 11.5 Å². The molecular formula is C20H26N4O3. The highest BCUT2D eigenvalue weighted by Crippen LogP contribution is 2.31. The zero-order chi connectivity index (χ0) is 19.2. The van der Waals surface area contributed by atoms with Gasteiger partial charge in [0.15, 0.2) is 0 Å². The van der Waals surface area contributed by atoms with Gasteiger partial charge in [-0.05, 0) is 37.8 Å². The normalized spacial score (nSPS) is 16.7. The van der Waals surface area contributed by atoms with E-state index in [-0.39, 0.29) is 5.91 Å². The lowest BCUT2D eigenvalue weighted by atomic mass is 10.00. The van der Waals surface area contributed by atoms with E-state index in [0.29, 0.717) is 29.1 Å². The standard InChI is InChI=1S/C20H26N4O3/c1-4-14-7-5-6-10-24(14)20(25)17-12-22-19(13-21-17)23-16-9-8-15(26-2)11-18(16)27-3/h8-9,11-14H,4-7,10H2,1-3H3,(H,22,23). The van der Waals surface area contributed by atoms with E-state index < -0.39 is 0 Å². The fourth-order valence-corrected chi connectivity index (χ4v) is 3.38. The van der Waals surface area contributed by atoms with Crippen LogP contribution in [0.25, 0.3) is 0 Å². The van der Waals surface area contributed by atoms with Crippen LogP contribution in [-0.4, -0.2) is 47.6 Å². The average Bonchev–Trinajstić information content (AvgIpc) is 2.74. The number of rotatable bonds is 6. The number of carbonyl (C=O) groups excluding carboxylic acids is 1. The van der Waals surface area contributed by atoms with Crippen molar-refractivity contribution in [2.45, 2.75) is 38.6 Å². The summed E-state index contributed by atoms with van der Waals surface area (Å²) in [7, 11) is 3.20. The summed E-state index contributed by atoms with van der Waals surface area (Å²) in [5, 5.41) is 3.16. The second-order valence-electron chi connectivity index (χ2n) is 6.53. The molecule has 1 saturated heterocycles. The Balaban J connectivity index is 1.73. The topological polar surface area (TPSA) is 76.6 Å². The molecule has 2 heterocycles. The Labute approximate surface area is 159 Å². The zero-order valence-electron chi connectivity index (χ0n) is 16.1. The second kappa shape index (κ2) is 8.70. The third-order valence-corrected chi connectivity index (χ3v) is 4.90. The molecule has 7 heteroatoms. The first-order chi connectivity index (χ1) is 13.2. The van der Waals surface area contributed by atoms with Crippen LogP contribution < -0.4 is 14.8 Å². The first kappa shape index (κ1) is 18.9. The number of ether oxygens (including phenoxy) is 2. The maximum Gasteiger partial charge on any atom is 0.274 e. The van der Waals surface area contributed by atoms with Gasteiger partial charge in [0.1, 0.15) is 23.0 Å². The van der Waals surface area contributed by atoms with Crippen LogP contribution in [0.3, 0.4) is 0 Å². The summed E-state index contributed by atoms with van der Waals surface area (Å²) in [4.78, 5) is 23.4. The molecule has 1 atom stereocenters. The van der Waals surface area contributed by atoms with Crippen molar-refractivity contribution in [3.63, 3.8) is 0 Å². The number of hydrogen-bond donors (Lipinski definition) is 1. The van der Waals surface area contributed by atoms with Crippen molar-refractivity contribution >= 4 is 17.4 Å².